The highest BCUT2D eigenvalue weighted by Gasteiger charge is 2.15. The lowest BCUT2D eigenvalue weighted by Crippen LogP contribution is -2.18. The van der Waals surface area contributed by atoms with Crippen LogP contribution in [-0.2, 0) is 0 Å². The first-order valence-electron chi connectivity index (χ1n) is 4.65. The van der Waals surface area contributed by atoms with Gasteiger partial charge in [0.05, 0.1) is 11.4 Å². The van der Waals surface area contributed by atoms with E-state index in [1.165, 1.54) is 12.2 Å². The predicted octanol–water partition coefficient (Wildman–Crippen LogP) is 2.84. The van der Waals surface area contributed by atoms with Crippen molar-refractivity contribution in [2.24, 2.45) is 0 Å². The maximum atomic E-state index is 5.90. The number of hydrogen-bond donors (Lipinski definition) is 2. The van der Waals surface area contributed by atoms with Gasteiger partial charge in [-0.05, 0) is 30.4 Å². The Morgan fingerprint density at radius 3 is 3.07 bits per heavy atom. The number of anilines is 2. The average molecular weight is 229 g/mol. The molecule has 1 unspecified atom stereocenters. The largest absolute Gasteiger partial charge is 0.397 e. The highest BCUT2D eigenvalue weighted by Crippen LogP contribution is 2.27. The van der Waals surface area contributed by atoms with Gasteiger partial charge in [-0.25, -0.2) is 0 Å². The third-order valence-corrected chi connectivity index (χ3v) is 3.70. The summed E-state index contributed by atoms with van der Waals surface area (Å²) in [5.41, 5.74) is 7.57. The van der Waals surface area contributed by atoms with Crippen molar-refractivity contribution in [3.63, 3.8) is 0 Å². The fourth-order valence-electron chi connectivity index (χ4n) is 1.52. The first-order chi connectivity index (χ1) is 6.75. The van der Waals surface area contributed by atoms with E-state index in [1.54, 1.807) is 0 Å². The van der Waals surface area contributed by atoms with Gasteiger partial charge < -0.3 is 11.1 Å². The van der Waals surface area contributed by atoms with Crippen LogP contribution in [0.5, 0.6) is 0 Å². The molecule has 1 aliphatic heterocycles. The number of nitrogen functional groups attached to an aromatic ring is 1. The number of benzene rings is 1. The SMILES string of the molecule is Nc1ccc(Cl)cc1NC1CCSC1. The Labute approximate surface area is 93.2 Å². The molecule has 0 bridgehead atoms. The lowest BCUT2D eigenvalue weighted by molar-refractivity contribution is 0.813. The maximum absolute atomic E-state index is 5.90. The number of rotatable bonds is 2. The summed E-state index contributed by atoms with van der Waals surface area (Å²) >= 11 is 7.88. The molecule has 1 saturated heterocycles. The summed E-state index contributed by atoms with van der Waals surface area (Å²) in [6, 6.07) is 6.08. The van der Waals surface area contributed by atoms with Crippen LogP contribution in [0.15, 0.2) is 18.2 Å². The molecule has 0 radical (unpaired) electrons. The van der Waals surface area contributed by atoms with Gasteiger partial charge in [-0.3, -0.25) is 0 Å². The third kappa shape index (κ3) is 2.28. The summed E-state index contributed by atoms with van der Waals surface area (Å²) in [6.07, 6.45) is 1.20. The van der Waals surface area contributed by atoms with Gasteiger partial charge in [0.2, 0.25) is 0 Å². The van der Waals surface area contributed by atoms with Crippen LogP contribution in [0.2, 0.25) is 5.02 Å². The Hall–Kier alpha value is -0.540. The van der Waals surface area contributed by atoms with Crippen LogP contribution in [0.3, 0.4) is 0 Å². The van der Waals surface area contributed by atoms with E-state index in [2.05, 4.69) is 5.32 Å². The molecular weight excluding hydrogens is 216 g/mol. The molecule has 1 aromatic rings. The van der Waals surface area contributed by atoms with Crippen LogP contribution >= 0.6 is 23.4 Å². The van der Waals surface area contributed by atoms with Gasteiger partial charge in [-0.15, -0.1) is 0 Å². The summed E-state index contributed by atoms with van der Waals surface area (Å²) in [6.45, 7) is 0. The second kappa shape index (κ2) is 4.32. The minimum atomic E-state index is 0.542. The van der Waals surface area contributed by atoms with Crippen LogP contribution in [0.25, 0.3) is 0 Å². The van der Waals surface area contributed by atoms with Gasteiger partial charge in [0.15, 0.2) is 0 Å². The van der Waals surface area contributed by atoms with Crippen molar-refractivity contribution in [3.05, 3.63) is 23.2 Å². The molecule has 0 aliphatic carbocycles. The highest BCUT2D eigenvalue weighted by atomic mass is 35.5. The molecule has 2 nitrogen and oxygen atoms in total. The minimum Gasteiger partial charge on any atom is -0.397 e. The smallest absolute Gasteiger partial charge is 0.0591 e. The van der Waals surface area contributed by atoms with Gasteiger partial charge in [0, 0.05) is 16.8 Å². The number of nitrogens with one attached hydrogen (secondary N) is 1. The summed E-state index contributed by atoms with van der Waals surface area (Å²) < 4.78 is 0. The van der Waals surface area contributed by atoms with E-state index in [0.29, 0.717) is 6.04 Å². The molecule has 76 valence electrons. The number of halogens is 1. The van der Waals surface area contributed by atoms with E-state index in [9.17, 15) is 0 Å². The van der Waals surface area contributed by atoms with E-state index >= 15 is 0 Å². The number of nitrogens with two attached hydrogens (primary N) is 1. The molecule has 1 heterocycles. The molecular formula is C10H13ClN2S. The Bertz CT molecular complexity index is 324. The lowest BCUT2D eigenvalue weighted by atomic mass is 10.2. The molecule has 3 N–H and O–H groups in total. The molecule has 1 aromatic carbocycles. The highest BCUT2D eigenvalue weighted by molar-refractivity contribution is 7.99. The molecule has 14 heavy (non-hydrogen) atoms. The Morgan fingerprint density at radius 2 is 2.36 bits per heavy atom. The Kier molecular flexibility index (Phi) is 3.08. The molecule has 0 amide bonds. The van der Waals surface area contributed by atoms with Crippen molar-refractivity contribution in [2.75, 3.05) is 22.6 Å². The van der Waals surface area contributed by atoms with Crippen molar-refractivity contribution < 1.29 is 0 Å². The molecule has 2 rings (SSSR count). The fourth-order valence-corrected chi connectivity index (χ4v) is 2.85. The van der Waals surface area contributed by atoms with E-state index in [1.807, 2.05) is 30.0 Å². The summed E-state index contributed by atoms with van der Waals surface area (Å²) in [5.74, 6) is 2.39. The van der Waals surface area contributed by atoms with Crippen LogP contribution in [0.4, 0.5) is 11.4 Å². The predicted molar refractivity (Wildman–Crippen MR) is 65.2 cm³/mol. The van der Waals surface area contributed by atoms with E-state index in [0.717, 1.165) is 22.2 Å². The maximum Gasteiger partial charge on any atom is 0.0591 e. The zero-order valence-corrected chi connectivity index (χ0v) is 9.37. The van der Waals surface area contributed by atoms with Crippen LogP contribution < -0.4 is 11.1 Å². The van der Waals surface area contributed by atoms with Crippen molar-refractivity contribution in [3.8, 4) is 0 Å². The van der Waals surface area contributed by atoms with E-state index < -0.39 is 0 Å². The van der Waals surface area contributed by atoms with Gasteiger partial charge in [0.1, 0.15) is 0 Å². The zero-order chi connectivity index (χ0) is 9.97. The summed E-state index contributed by atoms with van der Waals surface area (Å²) in [7, 11) is 0. The molecule has 1 atom stereocenters. The van der Waals surface area contributed by atoms with Crippen LogP contribution in [0, 0.1) is 0 Å². The molecule has 1 fully saturated rings. The first kappa shape index (κ1) is 9.99. The van der Waals surface area contributed by atoms with Gasteiger partial charge in [-0.1, -0.05) is 11.6 Å². The van der Waals surface area contributed by atoms with Crippen LogP contribution in [0.1, 0.15) is 6.42 Å². The fraction of sp³-hybridized carbons (Fsp3) is 0.400. The topological polar surface area (TPSA) is 38.0 Å². The molecule has 1 aliphatic rings. The zero-order valence-electron chi connectivity index (χ0n) is 7.79. The monoisotopic (exact) mass is 228 g/mol. The number of hydrogen-bond acceptors (Lipinski definition) is 3. The molecule has 0 saturated carbocycles. The molecule has 0 spiro atoms. The van der Waals surface area contributed by atoms with Crippen LogP contribution in [-0.4, -0.2) is 17.5 Å². The van der Waals surface area contributed by atoms with Gasteiger partial charge in [0.25, 0.3) is 0 Å². The van der Waals surface area contributed by atoms with Crippen molar-refractivity contribution in [2.45, 2.75) is 12.5 Å². The second-order valence-corrected chi connectivity index (χ2v) is 5.02. The standard InChI is InChI=1S/C10H13ClN2S/c11-7-1-2-9(12)10(5-7)13-8-3-4-14-6-8/h1-2,5,8,13H,3-4,6,12H2. The Morgan fingerprint density at radius 1 is 1.50 bits per heavy atom. The van der Waals surface area contributed by atoms with Crippen molar-refractivity contribution in [1.29, 1.82) is 0 Å². The van der Waals surface area contributed by atoms with E-state index in [4.69, 9.17) is 17.3 Å². The molecule has 0 aromatic heterocycles. The Balaban J connectivity index is 2.10. The normalized spacial score (nSPS) is 21.1. The van der Waals surface area contributed by atoms with Crippen molar-refractivity contribution >= 4 is 34.7 Å². The minimum absolute atomic E-state index is 0.542. The third-order valence-electron chi connectivity index (χ3n) is 2.30. The average Bonchev–Trinajstić information content (AvgIpc) is 2.64. The van der Waals surface area contributed by atoms with E-state index in [-0.39, 0.29) is 0 Å². The first-order valence-corrected chi connectivity index (χ1v) is 6.18. The van der Waals surface area contributed by atoms with Gasteiger partial charge in [-0.2, -0.15) is 11.8 Å². The van der Waals surface area contributed by atoms with Gasteiger partial charge >= 0.3 is 0 Å². The molecule has 4 heteroatoms. The van der Waals surface area contributed by atoms with Crippen molar-refractivity contribution in [1.82, 2.24) is 0 Å². The summed E-state index contributed by atoms with van der Waals surface area (Å²) in [4.78, 5) is 0. The second-order valence-electron chi connectivity index (χ2n) is 3.44. The lowest BCUT2D eigenvalue weighted by Gasteiger charge is -2.14. The number of thioether (sulfide) groups is 1. The quantitative estimate of drug-likeness (QED) is 0.765. The summed E-state index contributed by atoms with van der Waals surface area (Å²) in [5, 5.41) is 4.15.